The van der Waals surface area contributed by atoms with Gasteiger partial charge in [0, 0.05) is 37.0 Å². The molecule has 0 bridgehead atoms. The van der Waals surface area contributed by atoms with Crippen molar-refractivity contribution in [1.29, 1.82) is 0 Å². The standard InChI is InChI=1S/C30H36N4O4S/c1-19-14-24(22-9-10-23-17-25(37-4)12-11-21(23)16-22)15-20(2)34(19)33(3)30(36)38-13-7-5-6-8-27-28-26(18-39-27)31-29(35)32-28/h9-12,14-17,26-28H,5-8,13,18H2,1-4H3,(H-,31,32,35)/p+1/t26-,27-,28-/m0/s1. The third-order valence-electron chi connectivity index (χ3n) is 7.64. The van der Waals surface area contributed by atoms with Crippen LogP contribution in [0.5, 0.6) is 5.75 Å². The molecule has 2 aliphatic rings. The molecule has 2 saturated heterocycles. The van der Waals surface area contributed by atoms with Crippen LogP contribution < -0.4 is 25.1 Å². The van der Waals surface area contributed by atoms with Gasteiger partial charge < -0.3 is 20.1 Å². The van der Waals surface area contributed by atoms with Crippen molar-refractivity contribution in [3.8, 4) is 16.9 Å². The Morgan fingerprint density at radius 2 is 1.74 bits per heavy atom. The summed E-state index contributed by atoms with van der Waals surface area (Å²) in [7, 11) is 3.42. The van der Waals surface area contributed by atoms with Crippen molar-refractivity contribution in [2.45, 2.75) is 56.9 Å². The van der Waals surface area contributed by atoms with E-state index in [1.54, 1.807) is 14.2 Å². The second kappa shape index (κ2) is 11.7. The number of amides is 3. The number of methoxy groups -OCH3 is 1. The largest absolute Gasteiger partial charge is 0.497 e. The minimum atomic E-state index is -0.368. The second-order valence-corrected chi connectivity index (χ2v) is 11.6. The number of hydrogen-bond donors (Lipinski definition) is 2. The average molecular weight is 550 g/mol. The molecule has 0 unspecified atom stereocenters. The lowest BCUT2D eigenvalue weighted by Gasteiger charge is -2.17. The first-order valence-corrected chi connectivity index (χ1v) is 14.6. The molecule has 0 radical (unpaired) electrons. The number of hydrogen-bond acceptors (Lipinski definition) is 5. The third kappa shape index (κ3) is 5.93. The molecule has 2 aliphatic heterocycles. The number of pyridine rings is 1. The van der Waals surface area contributed by atoms with Gasteiger partial charge in [0.05, 0.1) is 32.8 Å². The number of urea groups is 1. The lowest BCUT2D eigenvalue weighted by molar-refractivity contribution is -0.692. The summed E-state index contributed by atoms with van der Waals surface area (Å²) in [6.45, 7) is 4.39. The van der Waals surface area contributed by atoms with E-state index < -0.39 is 0 Å². The van der Waals surface area contributed by atoms with Crippen LogP contribution in [0.15, 0.2) is 48.5 Å². The number of nitrogens with one attached hydrogen (secondary N) is 2. The van der Waals surface area contributed by atoms with Gasteiger partial charge in [-0.25, -0.2) is 9.59 Å². The number of nitrogens with zero attached hydrogens (tertiary/aromatic N) is 2. The SMILES string of the molecule is COc1ccc2cc(-c3cc(C)[n+](N(C)C(=O)OCCCCC[C@@H]4SC[C@@H]5NC(=O)N[C@@H]54)c(C)c3)ccc2c1. The van der Waals surface area contributed by atoms with Gasteiger partial charge >= 0.3 is 12.1 Å². The number of carbonyl (C=O) groups is 2. The van der Waals surface area contributed by atoms with Crippen molar-refractivity contribution in [1.82, 2.24) is 10.6 Å². The molecule has 3 aromatic rings. The predicted molar refractivity (Wildman–Crippen MR) is 155 cm³/mol. The van der Waals surface area contributed by atoms with Crippen LogP contribution >= 0.6 is 11.8 Å². The quantitative estimate of drug-likeness (QED) is 0.227. The van der Waals surface area contributed by atoms with Crippen molar-refractivity contribution in [3.05, 3.63) is 59.9 Å². The maximum Gasteiger partial charge on any atom is 0.463 e. The van der Waals surface area contributed by atoms with Crippen molar-refractivity contribution >= 4 is 34.7 Å². The van der Waals surface area contributed by atoms with Crippen LogP contribution in [0.2, 0.25) is 0 Å². The van der Waals surface area contributed by atoms with Gasteiger partial charge in [-0.2, -0.15) is 11.8 Å². The smallest absolute Gasteiger partial charge is 0.463 e. The van der Waals surface area contributed by atoms with Gasteiger partial charge in [-0.1, -0.05) is 40.7 Å². The first kappa shape index (κ1) is 27.1. The van der Waals surface area contributed by atoms with Crippen molar-refractivity contribution in [2.75, 3.05) is 31.5 Å². The average Bonchev–Trinajstić information content (AvgIpc) is 3.48. The fourth-order valence-corrected chi connectivity index (χ4v) is 7.21. The van der Waals surface area contributed by atoms with Crippen LogP contribution in [-0.4, -0.2) is 56.0 Å². The first-order valence-electron chi connectivity index (χ1n) is 13.5. The Morgan fingerprint density at radius 3 is 2.51 bits per heavy atom. The number of aromatic nitrogens is 1. The van der Waals surface area contributed by atoms with Crippen LogP contribution in [0.3, 0.4) is 0 Å². The molecule has 0 aliphatic carbocycles. The fraction of sp³-hybridized carbons (Fsp3) is 0.433. The number of thioether (sulfide) groups is 1. The molecule has 1 aromatic heterocycles. The highest BCUT2D eigenvalue weighted by Crippen LogP contribution is 2.33. The molecular formula is C30H37N4O4S+. The number of carbonyl (C=O) groups excluding carboxylic acids is 2. The summed E-state index contributed by atoms with van der Waals surface area (Å²) < 4.78 is 12.8. The Labute approximate surface area is 234 Å². The summed E-state index contributed by atoms with van der Waals surface area (Å²) in [5, 5.41) is 10.3. The molecule has 2 fully saturated rings. The number of rotatable bonds is 9. The molecule has 2 aromatic carbocycles. The van der Waals surface area contributed by atoms with Crippen molar-refractivity contribution < 1.29 is 23.7 Å². The molecule has 3 heterocycles. The summed E-state index contributed by atoms with van der Waals surface area (Å²) in [6.07, 6.45) is 3.57. The molecule has 3 amide bonds. The number of aryl methyl sites for hydroxylation is 2. The van der Waals surface area contributed by atoms with Crippen LogP contribution in [-0.2, 0) is 4.74 Å². The lowest BCUT2D eigenvalue weighted by Crippen LogP contribution is -2.62. The fourth-order valence-electron chi connectivity index (χ4n) is 5.66. The minimum absolute atomic E-state index is 0.0422. The monoisotopic (exact) mass is 549 g/mol. The molecule has 0 spiro atoms. The summed E-state index contributed by atoms with van der Waals surface area (Å²) >= 11 is 1.93. The number of fused-ring (bicyclic) bond motifs is 2. The molecular weight excluding hydrogens is 512 g/mol. The summed E-state index contributed by atoms with van der Waals surface area (Å²) in [5.41, 5.74) is 4.11. The van der Waals surface area contributed by atoms with Gasteiger partial charge in [0.15, 0.2) is 0 Å². The summed E-state index contributed by atoms with van der Waals surface area (Å²) in [5.74, 6) is 1.82. The molecule has 0 saturated carbocycles. The Kier molecular flexibility index (Phi) is 8.16. The van der Waals surface area contributed by atoms with E-state index in [2.05, 4.69) is 47.0 Å². The van der Waals surface area contributed by atoms with Crippen LogP contribution in [0, 0.1) is 13.8 Å². The summed E-state index contributed by atoms with van der Waals surface area (Å²) in [6, 6.07) is 17.1. The van der Waals surface area contributed by atoms with Crippen molar-refractivity contribution in [2.24, 2.45) is 0 Å². The topological polar surface area (TPSA) is 83.8 Å². The van der Waals surface area contributed by atoms with E-state index >= 15 is 0 Å². The molecule has 206 valence electrons. The Bertz CT molecular complexity index is 1360. The lowest BCUT2D eigenvalue weighted by atomic mass is 10.0. The van der Waals surface area contributed by atoms with E-state index in [0.29, 0.717) is 11.9 Å². The zero-order chi connectivity index (χ0) is 27.5. The van der Waals surface area contributed by atoms with E-state index in [1.807, 2.05) is 42.4 Å². The zero-order valence-electron chi connectivity index (χ0n) is 23.0. The minimum Gasteiger partial charge on any atom is -0.497 e. The van der Waals surface area contributed by atoms with Gasteiger partial charge in [-0.15, -0.1) is 0 Å². The zero-order valence-corrected chi connectivity index (χ0v) is 23.8. The first-order chi connectivity index (χ1) is 18.8. The van der Waals surface area contributed by atoms with E-state index in [4.69, 9.17) is 9.47 Å². The number of benzene rings is 2. The Morgan fingerprint density at radius 1 is 1.00 bits per heavy atom. The van der Waals surface area contributed by atoms with Gasteiger partial charge in [0.1, 0.15) is 5.75 Å². The maximum absolute atomic E-state index is 12.8. The number of unbranched alkanes of at least 4 members (excludes halogenated alkanes) is 2. The maximum atomic E-state index is 12.8. The number of ether oxygens (including phenoxy) is 2. The van der Waals surface area contributed by atoms with E-state index in [0.717, 1.165) is 70.5 Å². The highest BCUT2D eigenvalue weighted by atomic mass is 32.2. The van der Waals surface area contributed by atoms with Gasteiger partial charge in [0.25, 0.3) is 0 Å². The molecule has 8 nitrogen and oxygen atoms in total. The van der Waals surface area contributed by atoms with Crippen LogP contribution in [0.25, 0.3) is 21.9 Å². The summed E-state index contributed by atoms with van der Waals surface area (Å²) in [4.78, 5) is 24.4. The normalized spacial score (nSPS) is 19.9. The third-order valence-corrected chi connectivity index (χ3v) is 9.15. The predicted octanol–water partition coefficient (Wildman–Crippen LogP) is 4.85. The molecule has 2 N–H and O–H groups in total. The Balaban J connectivity index is 1.13. The van der Waals surface area contributed by atoms with Crippen LogP contribution in [0.1, 0.15) is 37.1 Å². The van der Waals surface area contributed by atoms with E-state index in [9.17, 15) is 9.59 Å². The molecule has 5 rings (SSSR count). The second-order valence-electron chi connectivity index (χ2n) is 10.4. The molecule has 39 heavy (non-hydrogen) atoms. The van der Waals surface area contributed by atoms with Gasteiger partial charge in [-0.05, 0) is 52.9 Å². The Hall–Kier alpha value is -3.46. The van der Waals surface area contributed by atoms with Gasteiger partial charge in [-0.3, -0.25) is 0 Å². The highest BCUT2D eigenvalue weighted by Gasteiger charge is 2.42. The van der Waals surface area contributed by atoms with E-state index in [-0.39, 0.29) is 24.2 Å². The van der Waals surface area contributed by atoms with E-state index in [1.165, 1.54) is 5.01 Å². The van der Waals surface area contributed by atoms with Crippen molar-refractivity contribution in [3.63, 3.8) is 0 Å². The molecule has 9 heteroatoms. The van der Waals surface area contributed by atoms with Crippen LogP contribution in [0.4, 0.5) is 9.59 Å². The van der Waals surface area contributed by atoms with Gasteiger partial charge in [0.2, 0.25) is 11.4 Å². The highest BCUT2D eigenvalue weighted by molar-refractivity contribution is 8.00. The molecule has 3 atom stereocenters.